The van der Waals surface area contributed by atoms with E-state index in [1.54, 1.807) is 35.1 Å². The van der Waals surface area contributed by atoms with E-state index in [2.05, 4.69) is 25.6 Å². The molecular weight excluding hydrogens is 348 g/mol. The minimum Gasteiger partial charge on any atom is -0.508 e. The second kappa shape index (κ2) is 7.50. The number of aromatic hydroxyl groups is 1. The van der Waals surface area contributed by atoms with Gasteiger partial charge in [0, 0.05) is 24.6 Å². The van der Waals surface area contributed by atoms with Crippen LogP contribution in [0.5, 0.6) is 5.75 Å². The molecule has 3 heterocycles. The second-order valence-corrected chi connectivity index (χ2v) is 6.36. The van der Waals surface area contributed by atoms with Gasteiger partial charge in [-0.1, -0.05) is 17.3 Å². The predicted molar refractivity (Wildman–Crippen MR) is 96.0 cm³/mol. The van der Waals surface area contributed by atoms with Crippen molar-refractivity contribution in [2.45, 2.75) is 13.0 Å². The summed E-state index contributed by atoms with van der Waals surface area (Å²) in [5, 5.41) is 20.2. The lowest BCUT2D eigenvalue weighted by Crippen LogP contribution is -2.13. The van der Waals surface area contributed by atoms with Crippen LogP contribution in [0.15, 0.2) is 42.9 Å². The van der Waals surface area contributed by atoms with Crippen molar-refractivity contribution < 1.29 is 14.6 Å². The smallest absolute Gasteiger partial charge is 0.277 e. The van der Waals surface area contributed by atoms with Crippen molar-refractivity contribution in [2.24, 2.45) is 5.92 Å². The number of ether oxygens (including phenoxy) is 1. The summed E-state index contributed by atoms with van der Waals surface area (Å²) >= 11 is 0. The number of nitrogens with zero attached hydrogens (tertiary/aromatic N) is 5. The monoisotopic (exact) mass is 366 g/mol. The van der Waals surface area contributed by atoms with E-state index in [0.717, 1.165) is 13.0 Å². The topological polar surface area (TPSA) is 115 Å². The van der Waals surface area contributed by atoms with Gasteiger partial charge in [0.05, 0.1) is 30.9 Å². The summed E-state index contributed by atoms with van der Waals surface area (Å²) in [7, 11) is 0. The number of phenols is 1. The molecular formula is C18H18N6O3. The Morgan fingerprint density at radius 2 is 2.19 bits per heavy atom. The Balaban J connectivity index is 1.40. The zero-order chi connectivity index (χ0) is 18.6. The maximum Gasteiger partial charge on any atom is 0.277 e. The van der Waals surface area contributed by atoms with Crippen LogP contribution in [0.4, 0.5) is 5.69 Å². The zero-order valence-electron chi connectivity index (χ0n) is 14.4. The predicted octanol–water partition coefficient (Wildman–Crippen LogP) is 1.73. The Hall–Kier alpha value is -3.33. The van der Waals surface area contributed by atoms with Crippen LogP contribution in [0, 0.1) is 5.92 Å². The quantitative estimate of drug-likeness (QED) is 0.706. The van der Waals surface area contributed by atoms with E-state index in [-0.39, 0.29) is 17.4 Å². The minimum absolute atomic E-state index is 0.140. The Bertz CT molecular complexity index is 934. The third kappa shape index (κ3) is 4.09. The van der Waals surface area contributed by atoms with Crippen LogP contribution in [0.2, 0.25) is 0 Å². The molecule has 0 bridgehead atoms. The average molecular weight is 366 g/mol. The van der Waals surface area contributed by atoms with E-state index in [4.69, 9.17) is 4.74 Å². The number of anilines is 1. The van der Waals surface area contributed by atoms with E-state index in [1.165, 1.54) is 12.4 Å². The Morgan fingerprint density at radius 1 is 1.33 bits per heavy atom. The average Bonchev–Trinajstić information content (AvgIpc) is 3.35. The van der Waals surface area contributed by atoms with Crippen molar-refractivity contribution in [3.63, 3.8) is 0 Å². The van der Waals surface area contributed by atoms with Gasteiger partial charge in [0.25, 0.3) is 5.91 Å². The summed E-state index contributed by atoms with van der Waals surface area (Å²) in [6.07, 6.45) is 5.62. The van der Waals surface area contributed by atoms with E-state index in [9.17, 15) is 9.90 Å². The fourth-order valence-corrected chi connectivity index (χ4v) is 2.87. The standard InChI is InChI=1S/C18H18N6O3/c25-15-3-1-2-13(6-15)17-19-7-14(8-20-17)21-18(26)16-10-24(23-22-16)9-12-4-5-27-11-12/h1-3,6-8,10,12,25H,4-5,9,11H2,(H,21,26). The maximum atomic E-state index is 12.3. The molecule has 1 fully saturated rings. The highest BCUT2D eigenvalue weighted by Gasteiger charge is 2.18. The Labute approximate surface area is 155 Å². The number of carbonyl (C=O) groups excluding carboxylic acids is 1. The van der Waals surface area contributed by atoms with Crippen LogP contribution in [0.3, 0.4) is 0 Å². The Morgan fingerprint density at radius 3 is 2.93 bits per heavy atom. The van der Waals surface area contributed by atoms with E-state index < -0.39 is 0 Å². The fourth-order valence-electron chi connectivity index (χ4n) is 2.87. The molecule has 4 rings (SSSR count). The molecule has 1 aromatic carbocycles. The van der Waals surface area contributed by atoms with Gasteiger partial charge in [-0.05, 0) is 18.6 Å². The van der Waals surface area contributed by atoms with E-state index in [0.29, 0.717) is 36.1 Å². The molecule has 1 unspecified atom stereocenters. The van der Waals surface area contributed by atoms with Gasteiger partial charge in [-0.3, -0.25) is 9.48 Å². The molecule has 9 nitrogen and oxygen atoms in total. The lowest BCUT2D eigenvalue weighted by Gasteiger charge is -2.05. The van der Waals surface area contributed by atoms with Gasteiger partial charge in [-0.25, -0.2) is 9.97 Å². The number of rotatable bonds is 5. The van der Waals surface area contributed by atoms with E-state index >= 15 is 0 Å². The summed E-state index contributed by atoms with van der Waals surface area (Å²) in [5.74, 6) is 0.618. The molecule has 1 atom stereocenters. The number of hydrogen-bond donors (Lipinski definition) is 2. The van der Waals surface area contributed by atoms with Crippen LogP contribution in [0.25, 0.3) is 11.4 Å². The first-order valence-electron chi connectivity index (χ1n) is 8.58. The van der Waals surface area contributed by atoms with Crippen molar-refractivity contribution in [1.82, 2.24) is 25.0 Å². The summed E-state index contributed by atoms with van der Waals surface area (Å²) in [6, 6.07) is 6.65. The first-order valence-corrected chi connectivity index (χ1v) is 8.58. The number of nitrogens with one attached hydrogen (secondary N) is 1. The molecule has 138 valence electrons. The van der Waals surface area contributed by atoms with Crippen LogP contribution < -0.4 is 5.32 Å². The molecule has 3 aromatic rings. The van der Waals surface area contributed by atoms with Crippen LogP contribution in [0.1, 0.15) is 16.9 Å². The molecule has 2 N–H and O–H groups in total. The first kappa shape index (κ1) is 17.1. The molecule has 1 aliphatic rings. The molecule has 0 aliphatic carbocycles. The first-order chi connectivity index (χ1) is 13.2. The van der Waals surface area contributed by atoms with Crippen molar-refractivity contribution in [1.29, 1.82) is 0 Å². The molecule has 0 saturated carbocycles. The van der Waals surface area contributed by atoms with E-state index in [1.807, 2.05) is 0 Å². The van der Waals surface area contributed by atoms with Crippen LogP contribution >= 0.6 is 0 Å². The van der Waals surface area contributed by atoms with Crippen molar-refractivity contribution in [3.05, 3.63) is 48.5 Å². The normalized spacial score (nSPS) is 16.4. The van der Waals surface area contributed by atoms with Gasteiger partial charge < -0.3 is 15.2 Å². The van der Waals surface area contributed by atoms with Gasteiger partial charge in [0.2, 0.25) is 0 Å². The van der Waals surface area contributed by atoms with Gasteiger partial charge in [0.1, 0.15) is 5.75 Å². The summed E-state index contributed by atoms with van der Waals surface area (Å²) < 4.78 is 7.00. The number of hydrogen-bond acceptors (Lipinski definition) is 7. The highest BCUT2D eigenvalue weighted by molar-refractivity contribution is 6.02. The molecule has 9 heteroatoms. The number of aromatic nitrogens is 5. The third-order valence-electron chi connectivity index (χ3n) is 4.25. The van der Waals surface area contributed by atoms with Crippen molar-refractivity contribution in [3.8, 4) is 17.1 Å². The number of amides is 1. The number of benzene rings is 1. The lowest BCUT2D eigenvalue weighted by molar-refractivity contribution is 0.102. The number of phenolic OH excluding ortho intramolecular Hbond substituents is 1. The molecule has 27 heavy (non-hydrogen) atoms. The fraction of sp³-hybridized carbons (Fsp3) is 0.278. The lowest BCUT2D eigenvalue weighted by atomic mass is 10.1. The molecule has 2 aromatic heterocycles. The van der Waals surface area contributed by atoms with Crippen LogP contribution in [-0.4, -0.2) is 49.2 Å². The van der Waals surface area contributed by atoms with Gasteiger partial charge in [-0.15, -0.1) is 5.10 Å². The molecule has 1 amide bonds. The highest BCUT2D eigenvalue weighted by atomic mass is 16.5. The molecule has 0 radical (unpaired) electrons. The largest absolute Gasteiger partial charge is 0.508 e. The summed E-state index contributed by atoms with van der Waals surface area (Å²) in [4.78, 5) is 20.8. The Kier molecular flexibility index (Phi) is 4.75. The van der Waals surface area contributed by atoms with Gasteiger partial charge >= 0.3 is 0 Å². The summed E-state index contributed by atoms with van der Waals surface area (Å²) in [6.45, 7) is 2.16. The van der Waals surface area contributed by atoms with Crippen LogP contribution in [-0.2, 0) is 11.3 Å². The van der Waals surface area contributed by atoms with Crippen molar-refractivity contribution in [2.75, 3.05) is 18.5 Å². The minimum atomic E-state index is -0.377. The third-order valence-corrected chi connectivity index (χ3v) is 4.25. The highest BCUT2D eigenvalue weighted by Crippen LogP contribution is 2.20. The number of carbonyl (C=O) groups is 1. The second-order valence-electron chi connectivity index (χ2n) is 6.36. The van der Waals surface area contributed by atoms with Gasteiger partial charge in [-0.2, -0.15) is 0 Å². The molecule has 0 spiro atoms. The summed E-state index contributed by atoms with van der Waals surface area (Å²) in [5.41, 5.74) is 1.36. The van der Waals surface area contributed by atoms with Gasteiger partial charge in [0.15, 0.2) is 11.5 Å². The van der Waals surface area contributed by atoms with Crippen molar-refractivity contribution >= 4 is 11.6 Å². The SMILES string of the molecule is O=C(Nc1cnc(-c2cccc(O)c2)nc1)c1cn(CC2CCOC2)nn1. The molecule has 1 aliphatic heterocycles. The maximum absolute atomic E-state index is 12.3. The zero-order valence-corrected chi connectivity index (χ0v) is 14.4. The molecule has 1 saturated heterocycles.